The number of aromatic nitrogens is 8. The highest BCUT2D eigenvalue weighted by Crippen LogP contribution is 2.26. The van der Waals surface area contributed by atoms with Crippen LogP contribution in [0.2, 0.25) is 0 Å². The molecule has 39 heteroatoms. The van der Waals surface area contributed by atoms with Gasteiger partial charge in [-0.3, -0.25) is 0 Å². The van der Waals surface area contributed by atoms with Crippen LogP contribution in [0.1, 0.15) is 27.8 Å². The molecule has 9 aromatic rings. The van der Waals surface area contributed by atoms with Gasteiger partial charge in [-0.1, -0.05) is 81.3 Å². The molecule has 0 fully saturated rings. The van der Waals surface area contributed by atoms with Gasteiger partial charge in [0, 0.05) is 34.0 Å². The van der Waals surface area contributed by atoms with E-state index in [0.717, 1.165) is 0 Å². The molecule has 0 aliphatic heterocycles. The molecule has 0 saturated carbocycles. The number of hydrogen-bond acceptors (Lipinski definition) is 32. The smallest absolute Gasteiger partial charge is 0.338 e. The number of nitrogens with zero attached hydrogens (tertiary/aromatic N) is 8. The summed E-state index contributed by atoms with van der Waals surface area (Å²) in [6.45, 7) is 18.7. The number of aryl methyl sites for hydroxylation is 3. The van der Waals surface area contributed by atoms with Crippen LogP contribution in [0.25, 0.3) is 57.2 Å². The van der Waals surface area contributed by atoms with Crippen molar-refractivity contribution in [2.75, 3.05) is 227 Å². The van der Waals surface area contributed by atoms with E-state index < -0.39 is 11.8 Å². The molecule has 9 rings (SSSR count). The van der Waals surface area contributed by atoms with E-state index in [0.29, 0.717) is 210 Å². The Morgan fingerprint density at radius 2 is 0.557 bits per heavy atom. The summed E-state index contributed by atoms with van der Waals surface area (Å²) in [5.41, 5.74) is 2.10. The second-order valence-corrected chi connectivity index (χ2v) is 21.9. The number of carbonyl (C=O) groups is 1. The Labute approximate surface area is 664 Å². The molecule has 0 saturated heterocycles. The number of aliphatic hydroxyl groups is 3. The van der Waals surface area contributed by atoms with Crippen molar-refractivity contribution in [3.05, 3.63) is 168 Å². The Morgan fingerprint density at radius 3 is 0.809 bits per heavy atom. The van der Waals surface area contributed by atoms with Crippen LogP contribution in [-0.2, 0) is 75.8 Å². The molecule has 0 bridgehead atoms. The summed E-state index contributed by atoms with van der Waals surface area (Å²) in [4.78, 5) is 28.3. The number of esters is 1. The molecule has 0 unspecified atom stereocenters. The maximum absolute atomic E-state index is 13.9. The van der Waals surface area contributed by atoms with Crippen molar-refractivity contribution in [3.8, 4) is 57.2 Å². The van der Waals surface area contributed by atoms with Gasteiger partial charge in [-0.15, -0.1) is 0 Å². The number of hydrogen-bond donors (Lipinski definition) is 3. The average molecular weight is 1640 g/mol. The van der Waals surface area contributed by atoms with Crippen LogP contribution < -0.4 is 0 Å². The predicted octanol–water partition coefficient (Wildman–Crippen LogP) is 6.48. The van der Waals surface area contributed by atoms with Crippen LogP contribution in [0.3, 0.4) is 0 Å². The van der Waals surface area contributed by atoms with E-state index >= 15 is 0 Å². The molecule has 0 aliphatic carbocycles. The van der Waals surface area contributed by atoms with Gasteiger partial charge in [0.2, 0.25) is 5.82 Å². The first-order chi connectivity index (χ1) is 54.7. The Kier molecular flexibility index (Phi) is 66.0. The maximum Gasteiger partial charge on any atom is 0.338 e. The predicted molar refractivity (Wildman–Crippen MR) is 407 cm³/mol. The first kappa shape index (κ1) is 106. The third kappa shape index (κ3) is 50.2. The molecular weight excluding hydrogens is 1530 g/mol. The monoisotopic (exact) mass is 1640 g/mol. The lowest BCUT2D eigenvalue weighted by Crippen LogP contribution is -2.14. The Morgan fingerprint density at radius 1 is 0.313 bits per heavy atom. The minimum Gasteiger partial charge on any atom is -0.460 e. The first-order valence-electron chi connectivity index (χ1n) is 35.4. The van der Waals surface area contributed by atoms with Crippen molar-refractivity contribution in [2.24, 2.45) is 0 Å². The van der Waals surface area contributed by atoms with Gasteiger partial charge in [0.05, 0.1) is 219 Å². The van der Waals surface area contributed by atoms with Crippen molar-refractivity contribution < 1.29 is 148 Å². The van der Waals surface area contributed by atoms with Gasteiger partial charge >= 0.3 is 5.97 Å². The average Bonchev–Trinajstić information content (AvgIpc) is 1.69. The lowest BCUT2D eigenvalue weighted by molar-refractivity contribution is -0.0105. The number of methoxy groups -OCH3 is 4. The molecule has 0 atom stereocenters. The van der Waals surface area contributed by atoms with E-state index in [2.05, 4.69) is 40.6 Å². The molecule has 0 radical (unpaired) electrons. The molecule has 0 spiro atoms. The lowest BCUT2D eigenvalue weighted by Gasteiger charge is -2.07. The largest absolute Gasteiger partial charge is 0.460 e. The van der Waals surface area contributed by atoms with E-state index in [4.69, 9.17) is 109 Å². The molecule has 0 amide bonds. The zero-order valence-electron chi connectivity index (χ0n) is 65.8. The van der Waals surface area contributed by atoms with Gasteiger partial charge in [0.15, 0.2) is 17.5 Å². The number of ether oxygens (including phenoxy) is 16. The van der Waals surface area contributed by atoms with Crippen LogP contribution in [0, 0.1) is 44.0 Å². The van der Waals surface area contributed by atoms with Gasteiger partial charge in [-0.05, 0) is 81.4 Å². The summed E-state index contributed by atoms with van der Waals surface area (Å²) in [5.74, 6) is 0.424. The molecule has 115 heavy (non-hydrogen) atoms. The third-order valence-electron chi connectivity index (χ3n) is 13.3. The first-order valence-corrected chi connectivity index (χ1v) is 35.4. The van der Waals surface area contributed by atoms with Gasteiger partial charge in [-0.2, -0.15) is 19.9 Å². The van der Waals surface area contributed by atoms with E-state index in [1.54, 1.807) is 146 Å². The molecule has 0 aliphatic rings. The van der Waals surface area contributed by atoms with Crippen molar-refractivity contribution >= 4 is 5.97 Å². The van der Waals surface area contributed by atoms with Crippen LogP contribution in [-0.4, -0.2) is 305 Å². The summed E-state index contributed by atoms with van der Waals surface area (Å²) >= 11 is 0. The second kappa shape index (κ2) is 71.5. The van der Waals surface area contributed by atoms with Crippen LogP contribution >= 0.6 is 0 Å². The summed E-state index contributed by atoms with van der Waals surface area (Å²) in [5, 5.41) is 39.8. The van der Waals surface area contributed by atoms with E-state index in [9.17, 15) is 22.4 Å². The number of rotatable bonds is 48. The molecule has 5 aromatic carbocycles. The molecule has 4 aromatic heterocycles. The number of carbonyl (C=O) groups excluding carboxylic acids is 1. The second-order valence-electron chi connectivity index (χ2n) is 21.9. The number of aliphatic hydroxyl groups excluding tert-OH is 3. The number of benzene rings is 5. The van der Waals surface area contributed by atoms with Gasteiger partial charge in [0.1, 0.15) is 29.9 Å². The summed E-state index contributed by atoms with van der Waals surface area (Å²) in [6, 6.07) is 31.6. The topological polar surface area (TPSA) is 476 Å². The lowest BCUT2D eigenvalue weighted by atomic mass is 10.1. The summed E-state index contributed by atoms with van der Waals surface area (Å²) < 4.78 is 154. The fourth-order valence-electron chi connectivity index (χ4n) is 7.98. The highest BCUT2D eigenvalue weighted by Gasteiger charge is 2.17. The Balaban J connectivity index is 0.00000136. The van der Waals surface area contributed by atoms with Gasteiger partial charge in [0.25, 0.3) is 23.6 Å². The fraction of sp³-hybridized carbons (Fsp3) is 0.487. The maximum atomic E-state index is 13.9. The van der Waals surface area contributed by atoms with Crippen molar-refractivity contribution in [1.29, 1.82) is 0 Å². The molecule has 4 heterocycles. The SMILES string of the molecule is COCCOCCOCCO.COCCOCCOCCOC(=O)c1cccc(-c2noc(-c3ccccc3F)n2)c1.COCCOCCOCCOCCO.COCCOCCOCCOCCOCCO.Cc1noc(-c2ccccc2F)n1.Cc1noc(-c2ccccc2F)n1.Cc1noc(-c2ccccc2F)n1.O.O.O. The normalized spacial score (nSPS) is 10.3. The fourth-order valence-corrected chi connectivity index (χ4v) is 7.98. The van der Waals surface area contributed by atoms with Gasteiger partial charge in [-0.25, -0.2) is 22.4 Å². The van der Waals surface area contributed by atoms with Crippen LogP contribution in [0.5, 0.6) is 0 Å². The van der Waals surface area contributed by atoms with Crippen molar-refractivity contribution in [1.82, 2.24) is 40.6 Å². The highest BCUT2D eigenvalue weighted by molar-refractivity contribution is 5.90. The van der Waals surface area contributed by atoms with E-state index in [-0.39, 0.29) is 102 Å². The standard InChI is InChI=1S/C22H23FN2O6.C11H24O6.3C9H7FN2O.C9H20O5.C7H16O4.3H2O/c1-27-9-10-28-11-12-29-13-14-30-22(26)17-6-4-5-16(15-17)20-24-21(31-25-20)18-7-2-3-8-19(18)23;1-13-4-5-15-8-9-17-11-10-16-7-6-14-3-2-12;3*1-6-11-9(13-12-6)7-4-2-3-5-8(7)10;1-11-4-5-13-8-9-14-7-6-12-3-2-10;1-9-4-5-11-7-6-10-3-2-8;;;/h2-8,15H,9-14H2,1H3;12H,2-11H2,1H3;3*2-5H,1H3;10H,2-9H2,1H3;8H,2-7H2,1H3;3*1H2. The Hall–Kier alpha value is -8.99. The zero-order chi connectivity index (χ0) is 81.1. The third-order valence-corrected chi connectivity index (χ3v) is 13.3. The number of halogens is 4. The van der Waals surface area contributed by atoms with Crippen LogP contribution in [0.4, 0.5) is 17.6 Å². The highest BCUT2D eigenvalue weighted by atomic mass is 19.1. The molecule has 35 nitrogen and oxygen atoms in total. The summed E-state index contributed by atoms with van der Waals surface area (Å²) in [6.07, 6.45) is 0. The van der Waals surface area contributed by atoms with Crippen molar-refractivity contribution in [3.63, 3.8) is 0 Å². The minimum atomic E-state index is -0.500. The van der Waals surface area contributed by atoms with E-state index in [1.807, 2.05) is 0 Å². The summed E-state index contributed by atoms with van der Waals surface area (Å²) in [7, 11) is 6.51. The minimum absolute atomic E-state index is 0. The van der Waals surface area contributed by atoms with Crippen LogP contribution in [0.15, 0.2) is 139 Å². The Bertz CT molecular complexity index is 3530. The molecule has 644 valence electrons. The molecule has 9 N–H and O–H groups in total. The molecular formula is C76H110F4N8O27. The van der Waals surface area contributed by atoms with Gasteiger partial charge < -0.3 is 126 Å². The quantitative estimate of drug-likeness (QED) is 0.0208. The van der Waals surface area contributed by atoms with E-state index in [1.165, 1.54) is 24.3 Å². The van der Waals surface area contributed by atoms with Crippen molar-refractivity contribution in [2.45, 2.75) is 20.8 Å². The zero-order valence-corrected chi connectivity index (χ0v) is 65.8.